The van der Waals surface area contributed by atoms with Gasteiger partial charge in [-0.1, -0.05) is 54.4 Å². The largest absolute Gasteiger partial charge is 0.400 e. The molecule has 22 heavy (non-hydrogen) atoms. The fourth-order valence-electron chi connectivity index (χ4n) is 5.43. The van der Waals surface area contributed by atoms with Crippen molar-refractivity contribution in [3.05, 3.63) is 0 Å². The van der Waals surface area contributed by atoms with Crippen molar-refractivity contribution in [1.82, 2.24) is 0 Å². The highest BCUT2D eigenvalue weighted by Crippen LogP contribution is 2.53. The summed E-state index contributed by atoms with van der Waals surface area (Å²) in [7, 11) is 2.16. The van der Waals surface area contributed by atoms with E-state index in [9.17, 15) is 0 Å². The smallest absolute Gasteiger partial charge is 0.327 e. The standard InChI is InChI=1S/C19H40O2Si/c1-16(13-18(5,6)15-17(2,3)4)14-19(11-9-10-12-19)22(20-7)21-8/h16,22H,9-15H2,1-8H3. The average molecular weight is 329 g/mol. The van der Waals surface area contributed by atoms with Gasteiger partial charge in [0.1, 0.15) is 0 Å². The van der Waals surface area contributed by atoms with Crippen LogP contribution in [0.25, 0.3) is 0 Å². The molecule has 0 amide bonds. The quantitative estimate of drug-likeness (QED) is 0.533. The van der Waals surface area contributed by atoms with Crippen molar-refractivity contribution in [2.45, 2.75) is 91.5 Å². The molecule has 0 aromatic heterocycles. The maximum Gasteiger partial charge on any atom is 0.327 e. The van der Waals surface area contributed by atoms with Gasteiger partial charge < -0.3 is 8.85 Å². The molecule has 0 bridgehead atoms. The highest BCUT2D eigenvalue weighted by molar-refractivity contribution is 6.48. The molecule has 0 radical (unpaired) electrons. The first-order chi connectivity index (χ1) is 10.0. The maximum absolute atomic E-state index is 5.82. The van der Waals surface area contributed by atoms with Crippen molar-refractivity contribution in [1.29, 1.82) is 0 Å². The van der Waals surface area contributed by atoms with E-state index in [-0.39, 0.29) is 0 Å². The van der Waals surface area contributed by atoms with Crippen LogP contribution in [0.2, 0.25) is 5.04 Å². The predicted octanol–water partition coefficient (Wildman–Crippen LogP) is 5.69. The van der Waals surface area contributed by atoms with Gasteiger partial charge >= 0.3 is 9.28 Å². The molecule has 1 aliphatic carbocycles. The number of hydrogen-bond donors (Lipinski definition) is 0. The van der Waals surface area contributed by atoms with Crippen LogP contribution >= 0.6 is 0 Å². The molecule has 1 rings (SSSR count). The van der Waals surface area contributed by atoms with Crippen LogP contribution in [0.4, 0.5) is 0 Å². The Labute approximate surface area is 141 Å². The van der Waals surface area contributed by atoms with E-state index >= 15 is 0 Å². The summed E-state index contributed by atoms with van der Waals surface area (Å²) in [5.74, 6) is 0.746. The third-order valence-corrected chi connectivity index (χ3v) is 7.86. The molecule has 2 nitrogen and oxygen atoms in total. The first-order valence-electron chi connectivity index (χ1n) is 9.09. The lowest BCUT2D eigenvalue weighted by atomic mass is 9.71. The average Bonchev–Trinajstić information content (AvgIpc) is 2.75. The van der Waals surface area contributed by atoms with Crippen LogP contribution in [0, 0.1) is 16.7 Å². The zero-order valence-electron chi connectivity index (χ0n) is 16.4. The summed E-state index contributed by atoms with van der Waals surface area (Å²) in [5, 5.41) is 0.376. The van der Waals surface area contributed by atoms with Gasteiger partial charge in [0.05, 0.1) is 0 Å². The minimum absolute atomic E-state index is 0.376. The second kappa shape index (κ2) is 7.81. The van der Waals surface area contributed by atoms with Crippen molar-refractivity contribution in [3.8, 4) is 0 Å². The summed E-state index contributed by atoms with van der Waals surface area (Å²) < 4.78 is 11.6. The Morgan fingerprint density at radius 2 is 1.50 bits per heavy atom. The molecular weight excluding hydrogens is 288 g/mol. The van der Waals surface area contributed by atoms with E-state index in [1.807, 2.05) is 14.2 Å². The van der Waals surface area contributed by atoms with E-state index in [4.69, 9.17) is 8.85 Å². The minimum Gasteiger partial charge on any atom is -0.400 e. The number of rotatable bonds is 8. The van der Waals surface area contributed by atoms with Crippen LogP contribution in [-0.4, -0.2) is 23.5 Å². The van der Waals surface area contributed by atoms with Crippen molar-refractivity contribution in [3.63, 3.8) is 0 Å². The second-order valence-electron chi connectivity index (χ2n) is 9.79. The van der Waals surface area contributed by atoms with E-state index in [0.717, 1.165) is 5.92 Å². The molecule has 0 saturated heterocycles. The first kappa shape index (κ1) is 20.2. The van der Waals surface area contributed by atoms with Gasteiger partial charge in [-0.05, 0) is 48.9 Å². The van der Waals surface area contributed by atoms with Gasteiger partial charge in [-0.25, -0.2) is 0 Å². The zero-order valence-corrected chi connectivity index (χ0v) is 17.6. The highest BCUT2D eigenvalue weighted by Gasteiger charge is 2.45. The molecule has 0 heterocycles. The third kappa shape index (κ3) is 5.97. The summed E-state index contributed by atoms with van der Waals surface area (Å²) in [4.78, 5) is 0. The maximum atomic E-state index is 5.82. The van der Waals surface area contributed by atoms with Gasteiger partial charge in [0, 0.05) is 19.3 Å². The topological polar surface area (TPSA) is 18.5 Å². The van der Waals surface area contributed by atoms with Crippen LogP contribution < -0.4 is 0 Å². The van der Waals surface area contributed by atoms with Crippen molar-refractivity contribution < 1.29 is 8.85 Å². The Morgan fingerprint density at radius 1 is 1.00 bits per heavy atom. The molecule has 0 spiro atoms. The third-order valence-electron chi connectivity index (χ3n) is 5.19. The fraction of sp³-hybridized carbons (Fsp3) is 1.00. The van der Waals surface area contributed by atoms with E-state index in [1.165, 1.54) is 44.9 Å². The Hall–Kier alpha value is 0.137. The summed E-state index contributed by atoms with van der Waals surface area (Å²) in [6.45, 7) is 14.4. The summed E-state index contributed by atoms with van der Waals surface area (Å²) >= 11 is 0. The monoisotopic (exact) mass is 328 g/mol. The van der Waals surface area contributed by atoms with Gasteiger partial charge in [-0.15, -0.1) is 0 Å². The Balaban J connectivity index is 2.70. The molecule has 3 heteroatoms. The molecule has 1 atom stereocenters. The van der Waals surface area contributed by atoms with Crippen molar-refractivity contribution in [2.24, 2.45) is 16.7 Å². The van der Waals surface area contributed by atoms with Gasteiger partial charge in [0.25, 0.3) is 0 Å². The molecule has 0 aromatic carbocycles. The van der Waals surface area contributed by atoms with E-state index in [0.29, 0.717) is 15.9 Å². The van der Waals surface area contributed by atoms with Gasteiger partial charge in [0.15, 0.2) is 0 Å². The molecule has 1 unspecified atom stereocenters. The highest BCUT2D eigenvalue weighted by atomic mass is 28.3. The van der Waals surface area contributed by atoms with Gasteiger partial charge in [-0.3, -0.25) is 0 Å². The molecule has 1 saturated carbocycles. The Morgan fingerprint density at radius 3 is 1.91 bits per heavy atom. The van der Waals surface area contributed by atoms with Crippen LogP contribution in [0.1, 0.15) is 86.5 Å². The predicted molar refractivity (Wildman–Crippen MR) is 98.6 cm³/mol. The van der Waals surface area contributed by atoms with Crippen LogP contribution in [-0.2, 0) is 8.85 Å². The lowest BCUT2D eigenvalue weighted by molar-refractivity contribution is 0.157. The fourth-order valence-corrected chi connectivity index (χ4v) is 8.10. The van der Waals surface area contributed by atoms with E-state index < -0.39 is 9.28 Å². The van der Waals surface area contributed by atoms with Crippen molar-refractivity contribution >= 4 is 9.28 Å². The SMILES string of the molecule is CO[SiH](OC)C1(CC(C)CC(C)(C)CC(C)(C)C)CCCC1. The molecule has 0 aromatic rings. The second-order valence-corrected chi connectivity index (χ2v) is 12.6. The lowest BCUT2D eigenvalue weighted by Gasteiger charge is -2.39. The summed E-state index contributed by atoms with van der Waals surface area (Å²) in [6, 6.07) is 0. The van der Waals surface area contributed by atoms with Gasteiger partial charge in [0.2, 0.25) is 0 Å². The zero-order chi connectivity index (χ0) is 17.0. The first-order valence-corrected chi connectivity index (χ1v) is 10.6. The molecule has 1 aliphatic rings. The Bertz CT molecular complexity index is 323. The van der Waals surface area contributed by atoms with Crippen LogP contribution in [0.5, 0.6) is 0 Å². The normalized spacial score (nSPS) is 20.6. The molecular formula is C19H40O2Si. The summed E-state index contributed by atoms with van der Waals surface area (Å²) in [6.07, 6.45) is 9.22. The molecule has 1 fully saturated rings. The molecule has 132 valence electrons. The Kier molecular flexibility index (Phi) is 7.16. The van der Waals surface area contributed by atoms with Crippen LogP contribution in [0.3, 0.4) is 0 Å². The van der Waals surface area contributed by atoms with Crippen molar-refractivity contribution in [2.75, 3.05) is 14.2 Å². The van der Waals surface area contributed by atoms with E-state index in [1.54, 1.807) is 0 Å². The minimum atomic E-state index is -1.55. The number of hydrogen-bond acceptors (Lipinski definition) is 2. The van der Waals surface area contributed by atoms with Gasteiger partial charge in [-0.2, -0.15) is 0 Å². The van der Waals surface area contributed by atoms with E-state index in [2.05, 4.69) is 41.5 Å². The summed E-state index contributed by atoms with van der Waals surface area (Å²) in [5.41, 5.74) is 0.819. The molecule has 0 N–H and O–H groups in total. The lowest BCUT2D eigenvalue weighted by Crippen LogP contribution is -2.37. The van der Waals surface area contributed by atoms with Crippen LogP contribution in [0.15, 0.2) is 0 Å². The molecule has 0 aliphatic heterocycles.